The molecular formula is C15H22N2S. The fraction of sp³-hybridized carbons (Fsp3) is 0.533. The summed E-state index contributed by atoms with van der Waals surface area (Å²) >= 11 is 4.48. The topological polar surface area (TPSA) is 17.8 Å². The van der Waals surface area contributed by atoms with Crippen LogP contribution >= 0.6 is 12.6 Å². The Labute approximate surface area is 115 Å². The number of nitrogens with zero attached hydrogens (tertiary/aromatic N) is 2. The average molecular weight is 262 g/mol. The first-order valence-electron chi connectivity index (χ1n) is 6.85. The van der Waals surface area contributed by atoms with Crippen molar-refractivity contribution < 1.29 is 0 Å². The van der Waals surface area contributed by atoms with Gasteiger partial charge < -0.3 is 4.57 Å². The highest BCUT2D eigenvalue weighted by atomic mass is 32.1. The maximum atomic E-state index is 4.72. The predicted molar refractivity (Wildman–Crippen MR) is 81.4 cm³/mol. The van der Waals surface area contributed by atoms with E-state index in [2.05, 4.69) is 55.3 Å². The van der Waals surface area contributed by atoms with E-state index in [0.717, 1.165) is 24.2 Å². The van der Waals surface area contributed by atoms with Crippen molar-refractivity contribution in [2.24, 2.45) is 5.92 Å². The van der Waals surface area contributed by atoms with Gasteiger partial charge in [0.25, 0.3) is 0 Å². The second kappa shape index (κ2) is 6.28. The standard InChI is InChI=1S/C15H22N2S/c1-3-7-12(11-18)10-17-14-9-6-5-8-13(14)16-15(17)4-2/h5-6,8-9,12,18H,3-4,7,10-11H2,1-2H3. The van der Waals surface area contributed by atoms with Gasteiger partial charge in [-0.25, -0.2) is 4.98 Å². The van der Waals surface area contributed by atoms with E-state index in [1.54, 1.807) is 0 Å². The van der Waals surface area contributed by atoms with Crippen LogP contribution in [0.2, 0.25) is 0 Å². The molecule has 3 heteroatoms. The Morgan fingerprint density at radius 2 is 2.06 bits per heavy atom. The normalized spacial score (nSPS) is 13.1. The Balaban J connectivity index is 2.35. The van der Waals surface area contributed by atoms with Gasteiger partial charge in [-0.3, -0.25) is 0 Å². The zero-order valence-electron chi connectivity index (χ0n) is 11.3. The lowest BCUT2D eigenvalue weighted by atomic mass is 10.1. The highest BCUT2D eigenvalue weighted by molar-refractivity contribution is 7.80. The monoisotopic (exact) mass is 262 g/mol. The van der Waals surface area contributed by atoms with Crippen LogP contribution in [0.25, 0.3) is 11.0 Å². The van der Waals surface area contributed by atoms with Crippen molar-refractivity contribution >= 4 is 23.7 Å². The molecule has 0 saturated heterocycles. The molecule has 1 aromatic heterocycles. The van der Waals surface area contributed by atoms with Crippen LogP contribution in [0.4, 0.5) is 0 Å². The summed E-state index contributed by atoms with van der Waals surface area (Å²) in [5, 5.41) is 0. The quantitative estimate of drug-likeness (QED) is 0.781. The van der Waals surface area contributed by atoms with Gasteiger partial charge in [-0.2, -0.15) is 12.6 Å². The van der Waals surface area contributed by atoms with E-state index in [9.17, 15) is 0 Å². The van der Waals surface area contributed by atoms with Crippen LogP contribution in [-0.2, 0) is 13.0 Å². The third-order valence-corrected chi connectivity index (χ3v) is 3.96. The summed E-state index contributed by atoms with van der Waals surface area (Å²) in [6.07, 6.45) is 3.44. The molecule has 1 heterocycles. The van der Waals surface area contributed by atoms with Crippen molar-refractivity contribution in [2.45, 2.75) is 39.7 Å². The molecule has 0 fully saturated rings. The summed E-state index contributed by atoms with van der Waals surface area (Å²) < 4.78 is 2.38. The molecule has 98 valence electrons. The second-order valence-corrected chi connectivity index (χ2v) is 5.18. The zero-order valence-corrected chi connectivity index (χ0v) is 12.2. The molecule has 2 aromatic rings. The molecule has 0 bridgehead atoms. The first-order valence-corrected chi connectivity index (χ1v) is 7.48. The van der Waals surface area contributed by atoms with Crippen molar-refractivity contribution in [1.29, 1.82) is 0 Å². The van der Waals surface area contributed by atoms with Crippen LogP contribution in [0.3, 0.4) is 0 Å². The molecule has 2 rings (SSSR count). The number of aryl methyl sites for hydroxylation is 1. The minimum absolute atomic E-state index is 0.640. The molecule has 1 aromatic carbocycles. The molecule has 1 unspecified atom stereocenters. The van der Waals surface area contributed by atoms with E-state index in [-0.39, 0.29) is 0 Å². The zero-order chi connectivity index (χ0) is 13.0. The summed E-state index contributed by atoms with van der Waals surface area (Å²) in [6.45, 7) is 5.46. The SMILES string of the molecule is CCCC(CS)Cn1c(CC)nc2ccccc21. The maximum Gasteiger partial charge on any atom is 0.109 e. The van der Waals surface area contributed by atoms with Crippen LogP contribution in [0.15, 0.2) is 24.3 Å². The van der Waals surface area contributed by atoms with Gasteiger partial charge in [0.1, 0.15) is 5.82 Å². The van der Waals surface area contributed by atoms with Gasteiger partial charge in [0.05, 0.1) is 11.0 Å². The summed E-state index contributed by atoms with van der Waals surface area (Å²) in [7, 11) is 0. The number of benzene rings is 1. The molecule has 0 aliphatic heterocycles. The van der Waals surface area contributed by atoms with Crippen molar-refractivity contribution in [1.82, 2.24) is 9.55 Å². The molecule has 0 radical (unpaired) electrons. The van der Waals surface area contributed by atoms with Gasteiger partial charge in [0.15, 0.2) is 0 Å². The Hall–Kier alpha value is -0.960. The summed E-state index contributed by atoms with van der Waals surface area (Å²) in [5.41, 5.74) is 2.38. The van der Waals surface area contributed by atoms with E-state index in [1.807, 2.05) is 0 Å². The first kappa shape index (κ1) is 13.5. The number of thiol groups is 1. The first-order chi connectivity index (χ1) is 8.80. The largest absolute Gasteiger partial charge is 0.328 e. The van der Waals surface area contributed by atoms with Gasteiger partial charge >= 0.3 is 0 Å². The smallest absolute Gasteiger partial charge is 0.109 e. The molecule has 2 nitrogen and oxygen atoms in total. The lowest BCUT2D eigenvalue weighted by Crippen LogP contribution is -2.14. The lowest BCUT2D eigenvalue weighted by molar-refractivity contribution is 0.452. The number of aromatic nitrogens is 2. The molecular weight excluding hydrogens is 240 g/mol. The molecule has 0 aliphatic rings. The minimum Gasteiger partial charge on any atom is -0.328 e. The highest BCUT2D eigenvalue weighted by Crippen LogP contribution is 2.20. The minimum atomic E-state index is 0.640. The van der Waals surface area contributed by atoms with Crippen molar-refractivity contribution in [3.8, 4) is 0 Å². The molecule has 0 aliphatic carbocycles. The van der Waals surface area contributed by atoms with E-state index >= 15 is 0 Å². The Morgan fingerprint density at radius 3 is 2.72 bits per heavy atom. The molecule has 1 atom stereocenters. The Kier molecular flexibility index (Phi) is 4.70. The number of fused-ring (bicyclic) bond motifs is 1. The van der Waals surface area contributed by atoms with Crippen LogP contribution < -0.4 is 0 Å². The number of hydrogen-bond donors (Lipinski definition) is 1. The average Bonchev–Trinajstić information content (AvgIpc) is 2.76. The molecule has 0 N–H and O–H groups in total. The Morgan fingerprint density at radius 1 is 1.28 bits per heavy atom. The summed E-state index contributed by atoms with van der Waals surface area (Å²) in [5.74, 6) is 2.78. The third kappa shape index (κ3) is 2.72. The van der Waals surface area contributed by atoms with Gasteiger partial charge in [-0.05, 0) is 30.2 Å². The molecule has 0 amide bonds. The third-order valence-electron chi connectivity index (χ3n) is 3.45. The van der Waals surface area contributed by atoms with Crippen molar-refractivity contribution in [3.63, 3.8) is 0 Å². The number of para-hydroxylation sites is 2. The van der Waals surface area contributed by atoms with Crippen molar-refractivity contribution in [3.05, 3.63) is 30.1 Å². The fourth-order valence-electron chi connectivity index (χ4n) is 2.51. The molecule has 18 heavy (non-hydrogen) atoms. The molecule has 0 saturated carbocycles. The van der Waals surface area contributed by atoms with E-state index in [4.69, 9.17) is 4.98 Å². The predicted octanol–water partition coefficient (Wildman–Crippen LogP) is 3.94. The van der Waals surface area contributed by atoms with Gasteiger partial charge in [-0.1, -0.05) is 32.4 Å². The van der Waals surface area contributed by atoms with E-state index in [1.165, 1.54) is 24.2 Å². The highest BCUT2D eigenvalue weighted by Gasteiger charge is 2.13. The van der Waals surface area contributed by atoms with Crippen LogP contribution in [0, 0.1) is 5.92 Å². The van der Waals surface area contributed by atoms with Crippen molar-refractivity contribution in [2.75, 3.05) is 5.75 Å². The number of rotatable bonds is 6. The van der Waals surface area contributed by atoms with E-state index in [0.29, 0.717) is 5.92 Å². The van der Waals surface area contributed by atoms with Crippen LogP contribution in [0.5, 0.6) is 0 Å². The fourth-order valence-corrected chi connectivity index (χ4v) is 2.80. The Bertz CT molecular complexity index is 504. The van der Waals surface area contributed by atoms with Gasteiger partial charge in [0, 0.05) is 13.0 Å². The second-order valence-electron chi connectivity index (χ2n) is 4.82. The summed E-state index contributed by atoms with van der Waals surface area (Å²) in [6, 6.07) is 8.42. The van der Waals surface area contributed by atoms with Gasteiger partial charge in [0.2, 0.25) is 0 Å². The maximum absolute atomic E-state index is 4.72. The number of imidazole rings is 1. The molecule has 0 spiro atoms. The van der Waals surface area contributed by atoms with E-state index < -0.39 is 0 Å². The summed E-state index contributed by atoms with van der Waals surface area (Å²) in [4.78, 5) is 4.72. The number of hydrogen-bond acceptors (Lipinski definition) is 2. The lowest BCUT2D eigenvalue weighted by Gasteiger charge is -2.16. The van der Waals surface area contributed by atoms with Crippen LogP contribution in [-0.4, -0.2) is 15.3 Å². The van der Waals surface area contributed by atoms with Gasteiger partial charge in [-0.15, -0.1) is 0 Å². The van der Waals surface area contributed by atoms with Crippen LogP contribution in [0.1, 0.15) is 32.5 Å².